The summed E-state index contributed by atoms with van der Waals surface area (Å²) in [6.07, 6.45) is -1.87. The molecule has 1 aromatic carbocycles. The SMILES string of the molecule is C=CC[C@@H](c1cccc(C(F)(F)F)c1)N1CCNCC1.Cl.Cl. The largest absolute Gasteiger partial charge is 0.416 e. The third-order valence-corrected chi connectivity index (χ3v) is 3.58. The maximum atomic E-state index is 12.8. The molecule has 126 valence electrons. The molecule has 2 rings (SSSR count). The summed E-state index contributed by atoms with van der Waals surface area (Å²) in [7, 11) is 0. The summed E-state index contributed by atoms with van der Waals surface area (Å²) in [4.78, 5) is 2.22. The number of rotatable bonds is 4. The number of nitrogens with zero attached hydrogens (tertiary/aromatic N) is 1. The molecule has 2 nitrogen and oxygen atoms in total. The molecule has 0 spiro atoms. The molecular weight excluding hydrogens is 336 g/mol. The first-order chi connectivity index (χ1) is 9.52. The fourth-order valence-corrected chi connectivity index (χ4v) is 2.57. The Bertz CT molecular complexity index is 460. The zero-order chi connectivity index (χ0) is 14.6. The minimum absolute atomic E-state index is 0. The number of piperazine rings is 1. The molecule has 1 aliphatic rings. The summed E-state index contributed by atoms with van der Waals surface area (Å²) in [6, 6.07) is 5.60. The van der Waals surface area contributed by atoms with Crippen LogP contribution in [0, 0.1) is 0 Å². The number of nitrogens with one attached hydrogen (secondary N) is 1. The van der Waals surface area contributed by atoms with Crippen molar-refractivity contribution in [3.05, 3.63) is 48.0 Å². The molecule has 1 N–H and O–H groups in total. The molecule has 22 heavy (non-hydrogen) atoms. The molecule has 1 saturated heterocycles. The van der Waals surface area contributed by atoms with Crippen LogP contribution in [0.3, 0.4) is 0 Å². The average Bonchev–Trinajstić information content (AvgIpc) is 2.45. The van der Waals surface area contributed by atoms with Crippen LogP contribution in [0.2, 0.25) is 0 Å². The van der Waals surface area contributed by atoms with Gasteiger partial charge in [-0.05, 0) is 24.1 Å². The van der Waals surface area contributed by atoms with E-state index in [1.54, 1.807) is 12.1 Å². The van der Waals surface area contributed by atoms with Gasteiger partial charge in [0, 0.05) is 32.2 Å². The van der Waals surface area contributed by atoms with E-state index < -0.39 is 11.7 Å². The van der Waals surface area contributed by atoms with Gasteiger partial charge in [0.2, 0.25) is 0 Å². The second-order valence-corrected chi connectivity index (χ2v) is 4.95. The molecule has 1 heterocycles. The lowest BCUT2D eigenvalue weighted by atomic mass is 9.99. The van der Waals surface area contributed by atoms with Crippen molar-refractivity contribution >= 4 is 24.8 Å². The molecule has 0 unspecified atom stereocenters. The minimum atomic E-state index is -4.29. The summed E-state index contributed by atoms with van der Waals surface area (Å²) in [5.41, 5.74) is 0.126. The Morgan fingerprint density at radius 1 is 1.23 bits per heavy atom. The van der Waals surface area contributed by atoms with E-state index in [4.69, 9.17) is 0 Å². The molecule has 1 fully saturated rings. The lowest BCUT2D eigenvalue weighted by Gasteiger charge is -2.35. The Labute approximate surface area is 141 Å². The van der Waals surface area contributed by atoms with E-state index >= 15 is 0 Å². The van der Waals surface area contributed by atoms with E-state index in [1.165, 1.54) is 12.1 Å². The maximum Gasteiger partial charge on any atom is 0.416 e. The van der Waals surface area contributed by atoms with Gasteiger partial charge in [0.05, 0.1) is 5.56 Å². The van der Waals surface area contributed by atoms with Gasteiger partial charge in [0.1, 0.15) is 0 Å². The van der Waals surface area contributed by atoms with Gasteiger partial charge in [-0.15, -0.1) is 31.4 Å². The van der Waals surface area contributed by atoms with Crippen molar-refractivity contribution in [2.45, 2.75) is 18.6 Å². The Morgan fingerprint density at radius 2 is 1.86 bits per heavy atom. The summed E-state index contributed by atoms with van der Waals surface area (Å²) >= 11 is 0. The van der Waals surface area contributed by atoms with Crippen molar-refractivity contribution in [2.75, 3.05) is 26.2 Å². The summed E-state index contributed by atoms with van der Waals surface area (Å²) in [5, 5.41) is 3.25. The molecule has 1 aliphatic heterocycles. The minimum Gasteiger partial charge on any atom is -0.314 e. The lowest BCUT2D eigenvalue weighted by molar-refractivity contribution is -0.137. The highest BCUT2D eigenvalue weighted by molar-refractivity contribution is 5.85. The smallest absolute Gasteiger partial charge is 0.314 e. The Kier molecular flexibility index (Phi) is 9.08. The first kappa shape index (κ1) is 21.2. The third-order valence-electron chi connectivity index (χ3n) is 3.58. The summed E-state index contributed by atoms with van der Waals surface area (Å²) in [5.74, 6) is 0. The van der Waals surface area contributed by atoms with Crippen LogP contribution in [0.5, 0.6) is 0 Å². The predicted octanol–water partition coefficient (Wildman–Crippen LogP) is 4.07. The maximum absolute atomic E-state index is 12.8. The van der Waals surface area contributed by atoms with Crippen LogP contribution in [-0.2, 0) is 6.18 Å². The highest BCUT2D eigenvalue weighted by atomic mass is 35.5. The number of hydrogen-bond acceptors (Lipinski definition) is 2. The fraction of sp³-hybridized carbons (Fsp3) is 0.467. The molecule has 1 atom stereocenters. The molecule has 0 aromatic heterocycles. The average molecular weight is 357 g/mol. The van der Waals surface area contributed by atoms with E-state index in [2.05, 4.69) is 16.8 Å². The zero-order valence-corrected chi connectivity index (χ0v) is 13.7. The van der Waals surface area contributed by atoms with Gasteiger partial charge in [0.25, 0.3) is 0 Å². The van der Waals surface area contributed by atoms with Crippen molar-refractivity contribution in [1.82, 2.24) is 10.2 Å². The lowest BCUT2D eigenvalue weighted by Crippen LogP contribution is -2.45. The second kappa shape index (κ2) is 9.40. The Hall–Kier alpha value is -0.750. The third kappa shape index (κ3) is 5.47. The van der Waals surface area contributed by atoms with Gasteiger partial charge in [-0.3, -0.25) is 4.90 Å². The van der Waals surface area contributed by atoms with E-state index in [1.807, 2.05) is 0 Å². The monoisotopic (exact) mass is 356 g/mol. The first-order valence-electron chi connectivity index (χ1n) is 6.75. The number of hydrogen-bond donors (Lipinski definition) is 1. The van der Waals surface area contributed by atoms with Gasteiger partial charge in [0.15, 0.2) is 0 Å². The van der Waals surface area contributed by atoms with Gasteiger partial charge in [-0.25, -0.2) is 0 Å². The summed E-state index contributed by atoms with van der Waals surface area (Å²) < 4.78 is 38.4. The number of halogens is 5. The van der Waals surface area contributed by atoms with Crippen molar-refractivity contribution in [3.63, 3.8) is 0 Å². The van der Waals surface area contributed by atoms with Crippen molar-refractivity contribution in [3.8, 4) is 0 Å². The summed E-state index contributed by atoms with van der Waals surface area (Å²) in [6.45, 7) is 7.15. The van der Waals surface area contributed by atoms with Crippen LogP contribution in [-0.4, -0.2) is 31.1 Å². The van der Waals surface area contributed by atoms with Gasteiger partial charge < -0.3 is 5.32 Å². The first-order valence-corrected chi connectivity index (χ1v) is 6.75. The standard InChI is InChI=1S/C15H19F3N2.2ClH/c1-2-4-14(20-9-7-19-8-10-20)12-5-3-6-13(11-12)15(16,17)18;;/h2-3,5-6,11,14,19H,1,4,7-10H2;2*1H/t14-;;/m0../s1. The Balaban J connectivity index is 0.00000220. The number of benzene rings is 1. The van der Waals surface area contributed by atoms with Crippen molar-refractivity contribution in [1.29, 1.82) is 0 Å². The molecule has 7 heteroatoms. The fourth-order valence-electron chi connectivity index (χ4n) is 2.57. The highest BCUT2D eigenvalue weighted by Gasteiger charge is 2.31. The van der Waals surface area contributed by atoms with Crippen LogP contribution in [0.1, 0.15) is 23.6 Å². The van der Waals surface area contributed by atoms with Crippen LogP contribution in [0.4, 0.5) is 13.2 Å². The molecule has 0 bridgehead atoms. The molecule has 0 radical (unpaired) electrons. The quantitative estimate of drug-likeness (QED) is 0.818. The van der Waals surface area contributed by atoms with Crippen LogP contribution < -0.4 is 5.32 Å². The number of alkyl halides is 3. The van der Waals surface area contributed by atoms with Crippen LogP contribution in [0.15, 0.2) is 36.9 Å². The predicted molar refractivity (Wildman–Crippen MR) is 87.9 cm³/mol. The normalized spacial score (nSPS) is 17.0. The van der Waals surface area contributed by atoms with E-state index in [0.29, 0.717) is 12.0 Å². The van der Waals surface area contributed by atoms with Crippen LogP contribution >= 0.6 is 24.8 Å². The van der Waals surface area contributed by atoms with E-state index in [-0.39, 0.29) is 30.9 Å². The molecule has 1 aromatic rings. The Morgan fingerprint density at radius 3 is 2.41 bits per heavy atom. The van der Waals surface area contributed by atoms with E-state index in [0.717, 1.165) is 32.2 Å². The van der Waals surface area contributed by atoms with Gasteiger partial charge in [-0.1, -0.05) is 18.2 Å². The van der Waals surface area contributed by atoms with Crippen LogP contribution in [0.25, 0.3) is 0 Å². The van der Waals surface area contributed by atoms with Crippen molar-refractivity contribution in [2.24, 2.45) is 0 Å². The van der Waals surface area contributed by atoms with Crippen molar-refractivity contribution < 1.29 is 13.2 Å². The van der Waals surface area contributed by atoms with Gasteiger partial charge >= 0.3 is 6.18 Å². The van der Waals surface area contributed by atoms with E-state index in [9.17, 15) is 13.2 Å². The zero-order valence-electron chi connectivity index (χ0n) is 12.1. The second-order valence-electron chi connectivity index (χ2n) is 4.95. The molecule has 0 amide bonds. The van der Waals surface area contributed by atoms with Gasteiger partial charge in [-0.2, -0.15) is 13.2 Å². The topological polar surface area (TPSA) is 15.3 Å². The molecule has 0 aliphatic carbocycles. The highest BCUT2D eigenvalue weighted by Crippen LogP contribution is 2.33. The molecular formula is C15H21Cl2F3N2. The molecule has 0 saturated carbocycles.